The third-order valence-electron chi connectivity index (χ3n) is 16.0. The summed E-state index contributed by atoms with van der Waals surface area (Å²) >= 11 is 0. The van der Waals surface area contributed by atoms with Crippen LogP contribution in [0, 0.1) is 0 Å². The van der Waals surface area contributed by atoms with Crippen LogP contribution in [0.4, 0.5) is 0 Å². The molecular weight excluding hydrogens is 1040 g/mol. The Hall–Kier alpha value is -8.81. The molecule has 0 atom stereocenters. The molecule has 0 spiro atoms. The number of nitrogens with zero attached hydrogens (tertiary/aromatic N) is 1. The summed E-state index contributed by atoms with van der Waals surface area (Å²) in [5.74, 6) is 0. The van der Waals surface area contributed by atoms with Crippen molar-refractivity contribution in [3.8, 4) is 16.8 Å². The van der Waals surface area contributed by atoms with E-state index in [1.54, 1.807) is 0 Å². The molecule has 1 aliphatic heterocycles. The van der Waals surface area contributed by atoms with Gasteiger partial charge in [0.25, 0.3) is 0 Å². The zero-order chi connectivity index (χ0) is 53.4. The van der Waals surface area contributed by atoms with E-state index in [1.807, 2.05) is 0 Å². The molecule has 4 nitrogen and oxygen atoms in total. The van der Waals surface area contributed by atoms with Gasteiger partial charge in [0.05, 0.1) is 11.0 Å². The van der Waals surface area contributed by atoms with Gasteiger partial charge in [-0.25, -0.2) is 0 Å². The van der Waals surface area contributed by atoms with Crippen LogP contribution in [0.2, 0.25) is 0 Å². The lowest BCUT2D eigenvalue weighted by Crippen LogP contribution is -2.88. The third kappa shape index (κ3) is 8.27. The molecule has 0 aliphatic carbocycles. The second-order valence-corrected chi connectivity index (χ2v) is 34.0. The Morgan fingerprint density at radius 2 is 0.537 bits per heavy atom. The molecule has 13 aromatic rings. The average Bonchev–Trinajstić information content (AvgIpc) is 4.04. The SMILES string of the molecule is c1ccc([Si]2(c3ccccc3)O[Si](c3ccccc3)(c3ccccc3)O[Si](c3ccccc3)(c3cccc(-c4cccc([Si](c5ccccc5)(c5ccccc5)c5cccc(-n6c7ccccc7c7ccccc76)c5)c4)c3)O2)cc1. The number of hydrogen-bond donors (Lipinski definition) is 0. The quantitative estimate of drug-likeness (QED) is 0.0903. The highest BCUT2D eigenvalue weighted by Gasteiger charge is 2.67. The smallest absolute Gasteiger partial charge is 0.390 e. The van der Waals surface area contributed by atoms with Crippen LogP contribution >= 0.6 is 0 Å². The van der Waals surface area contributed by atoms with Gasteiger partial charge in [0.2, 0.25) is 0 Å². The molecule has 382 valence electrons. The van der Waals surface area contributed by atoms with E-state index in [1.165, 1.54) is 42.6 Å². The van der Waals surface area contributed by atoms with Crippen molar-refractivity contribution in [2.45, 2.75) is 0 Å². The molecule has 1 aromatic heterocycles. The van der Waals surface area contributed by atoms with Gasteiger partial charge >= 0.3 is 25.7 Å². The summed E-state index contributed by atoms with van der Waals surface area (Å²) in [6, 6.07) is 121. The van der Waals surface area contributed by atoms with Gasteiger partial charge in [-0.2, -0.15) is 0 Å². The molecule has 1 saturated heterocycles. The number of para-hydroxylation sites is 2. The van der Waals surface area contributed by atoms with Gasteiger partial charge in [-0.05, 0) is 87.3 Å². The van der Waals surface area contributed by atoms with E-state index in [4.69, 9.17) is 12.3 Å². The predicted octanol–water partition coefficient (Wildman–Crippen LogP) is 9.96. The number of fused-ring (bicyclic) bond motifs is 3. The maximum absolute atomic E-state index is 8.31. The van der Waals surface area contributed by atoms with Crippen LogP contribution in [-0.4, -0.2) is 38.3 Å². The summed E-state index contributed by atoms with van der Waals surface area (Å²) in [4.78, 5) is 0. The highest BCUT2D eigenvalue weighted by molar-refractivity contribution is 7.20. The summed E-state index contributed by atoms with van der Waals surface area (Å²) in [5, 5.41) is 13.8. The minimum Gasteiger partial charge on any atom is -0.402 e. The van der Waals surface area contributed by atoms with Gasteiger partial charge in [-0.1, -0.05) is 309 Å². The van der Waals surface area contributed by atoms with Crippen LogP contribution in [0.5, 0.6) is 0 Å². The second kappa shape index (κ2) is 20.8. The molecule has 14 rings (SSSR count). The Bertz CT molecular complexity index is 4020. The van der Waals surface area contributed by atoms with Crippen molar-refractivity contribution in [3.63, 3.8) is 0 Å². The van der Waals surface area contributed by atoms with Gasteiger partial charge in [0.1, 0.15) is 0 Å². The Balaban J connectivity index is 1.00. The first-order chi connectivity index (χ1) is 39.6. The predicted molar refractivity (Wildman–Crippen MR) is 340 cm³/mol. The number of rotatable bonds is 12. The molecule has 12 aromatic carbocycles. The lowest BCUT2D eigenvalue weighted by Gasteiger charge is -2.53. The van der Waals surface area contributed by atoms with Crippen molar-refractivity contribution in [1.29, 1.82) is 0 Å². The van der Waals surface area contributed by atoms with E-state index in [0.717, 1.165) is 47.9 Å². The molecule has 1 fully saturated rings. The highest BCUT2D eigenvalue weighted by Crippen LogP contribution is 2.34. The van der Waals surface area contributed by atoms with E-state index in [2.05, 4.69) is 338 Å². The van der Waals surface area contributed by atoms with Crippen molar-refractivity contribution in [3.05, 3.63) is 334 Å². The lowest BCUT2D eigenvalue weighted by atomic mass is 10.1. The molecule has 2 heterocycles. The average molecular weight is 1090 g/mol. The maximum Gasteiger partial charge on any atom is 0.390 e. The normalized spacial score (nSPS) is 14.7. The third-order valence-corrected chi connectivity index (χ3v) is 34.2. The van der Waals surface area contributed by atoms with Crippen molar-refractivity contribution in [2.24, 2.45) is 0 Å². The number of benzene rings is 12. The molecule has 8 heteroatoms. The monoisotopic (exact) mass is 1090 g/mol. The zero-order valence-electron chi connectivity index (χ0n) is 43.9. The fourth-order valence-corrected chi connectivity index (χ4v) is 34.2. The van der Waals surface area contributed by atoms with Crippen molar-refractivity contribution in [1.82, 2.24) is 4.57 Å². The Labute approximate surface area is 471 Å². The summed E-state index contributed by atoms with van der Waals surface area (Å²) < 4.78 is 27.2. The summed E-state index contributed by atoms with van der Waals surface area (Å²) in [6.07, 6.45) is 0. The molecule has 0 unspecified atom stereocenters. The molecule has 0 N–H and O–H groups in total. The van der Waals surface area contributed by atoms with Crippen LogP contribution in [0.25, 0.3) is 38.6 Å². The van der Waals surface area contributed by atoms with E-state index >= 15 is 0 Å². The molecule has 0 radical (unpaired) electrons. The van der Waals surface area contributed by atoms with Crippen molar-refractivity contribution in [2.75, 3.05) is 0 Å². The molecular formula is C72H55NO3Si4. The summed E-state index contributed by atoms with van der Waals surface area (Å²) in [7, 11) is -14.4. The summed E-state index contributed by atoms with van der Waals surface area (Å²) in [5.41, 5.74) is 5.70. The Kier molecular flexibility index (Phi) is 12.8. The van der Waals surface area contributed by atoms with Gasteiger partial charge in [0, 0.05) is 16.5 Å². The van der Waals surface area contributed by atoms with Gasteiger partial charge in [0.15, 0.2) is 8.07 Å². The Morgan fingerprint density at radius 3 is 0.963 bits per heavy atom. The molecule has 0 saturated carbocycles. The molecule has 0 bridgehead atoms. The first-order valence-corrected chi connectivity index (χ1v) is 34.8. The minimum atomic E-state index is -3.88. The fraction of sp³-hybridized carbons (Fsp3) is 0. The van der Waals surface area contributed by atoms with Gasteiger partial charge in [-0.15, -0.1) is 0 Å². The molecule has 0 amide bonds. The number of hydrogen-bond acceptors (Lipinski definition) is 3. The molecule has 80 heavy (non-hydrogen) atoms. The topological polar surface area (TPSA) is 32.6 Å². The van der Waals surface area contributed by atoms with E-state index in [-0.39, 0.29) is 0 Å². The van der Waals surface area contributed by atoms with E-state index in [9.17, 15) is 0 Å². The van der Waals surface area contributed by atoms with Crippen LogP contribution in [0.15, 0.2) is 334 Å². The fourth-order valence-electron chi connectivity index (χ4n) is 12.5. The maximum atomic E-state index is 8.31. The van der Waals surface area contributed by atoms with Crippen molar-refractivity contribution < 1.29 is 12.3 Å². The van der Waals surface area contributed by atoms with Crippen LogP contribution in [0.1, 0.15) is 0 Å². The van der Waals surface area contributed by atoms with Gasteiger partial charge in [-0.3, -0.25) is 0 Å². The van der Waals surface area contributed by atoms with E-state index < -0.39 is 33.8 Å². The summed E-state index contributed by atoms with van der Waals surface area (Å²) in [6.45, 7) is 0. The first-order valence-electron chi connectivity index (χ1n) is 27.4. The highest BCUT2D eigenvalue weighted by atomic mass is 28.5. The molecule has 1 aliphatic rings. The number of aromatic nitrogens is 1. The minimum absolute atomic E-state index is 1.01. The largest absolute Gasteiger partial charge is 0.402 e. The van der Waals surface area contributed by atoms with E-state index in [0.29, 0.717) is 0 Å². The van der Waals surface area contributed by atoms with Gasteiger partial charge < -0.3 is 16.9 Å². The van der Waals surface area contributed by atoms with Crippen LogP contribution in [-0.2, 0) is 12.3 Å². The standard InChI is InChI=1S/C72H55NO3Si4/c1-8-32-59(33-9-1)77(60-34-10-2-11-35-60,67-47-28-31-58(55-67)73-71-51-24-22-49-69(71)70-50-23-25-52-72(70)73)66-46-26-29-56(53-66)57-30-27-48-68(54-57)80(65-44-20-7-21-45-65)75-78(61-36-12-3-13-37-61,62-38-14-4-15-39-62)74-79(76-80,63-40-16-5-17-41-63)64-42-18-6-19-43-64/h1-55H. The van der Waals surface area contributed by atoms with Crippen molar-refractivity contribution >= 4 is 107 Å². The first kappa shape index (κ1) is 49.5. The van der Waals surface area contributed by atoms with Crippen LogP contribution in [0.3, 0.4) is 0 Å². The Morgan fingerprint density at radius 1 is 0.237 bits per heavy atom. The lowest BCUT2D eigenvalue weighted by molar-refractivity contribution is 0.268. The van der Waals surface area contributed by atoms with Crippen LogP contribution < -0.4 is 51.9 Å². The second-order valence-electron chi connectivity index (χ2n) is 20.5. The zero-order valence-corrected chi connectivity index (χ0v) is 47.9.